The van der Waals surface area contributed by atoms with Gasteiger partial charge in [0, 0.05) is 12.7 Å². The number of nitrogens with zero attached hydrogens (tertiary/aromatic N) is 2. The summed E-state index contributed by atoms with van der Waals surface area (Å²) in [5, 5.41) is 12.3. The first-order valence-corrected chi connectivity index (χ1v) is 7.40. The summed E-state index contributed by atoms with van der Waals surface area (Å²) in [5.74, 6) is 0.804. The molecule has 0 saturated carbocycles. The minimum atomic E-state index is -0.214. The molecule has 7 heteroatoms. The number of methoxy groups -OCH3 is 1. The number of likely N-dealkylation sites (N-methyl/N-ethyl adjacent to an activating group) is 1. The summed E-state index contributed by atoms with van der Waals surface area (Å²) in [7, 11) is 5.60. The van der Waals surface area contributed by atoms with E-state index in [1.54, 1.807) is 13.3 Å². The predicted octanol–water partition coefficient (Wildman–Crippen LogP) is 1.52. The fourth-order valence-corrected chi connectivity index (χ4v) is 2.26. The lowest BCUT2D eigenvalue weighted by molar-refractivity contribution is 0.232. The fourth-order valence-electron chi connectivity index (χ4n) is 2.26. The van der Waals surface area contributed by atoms with Gasteiger partial charge >= 0.3 is 6.03 Å². The van der Waals surface area contributed by atoms with E-state index < -0.39 is 0 Å². The molecule has 2 amide bonds. The molecule has 1 aromatic heterocycles. The van der Waals surface area contributed by atoms with Crippen LogP contribution in [0.3, 0.4) is 0 Å². The molecule has 2 rings (SSSR count). The molecule has 0 bridgehead atoms. The fraction of sp³-hybridized carbons (Fsp3) is 0.375. The Bertz CT molecular complexity index is 613. The third-order valence-corrected chi connectivity index (χ3v) is 3.56. The number of carbonyl (C=O) groups is 1. The molecule has 1 heterocycles. The van der Waals surface area contributed by atoms with Crippen LogP contribution in [-0.2, 0) is 6.54 Å². The average Bonchev–Trinajstić information content (AvgIpc) is 3.06. The number of hydrogen-bond acceptors (Lipinski definition) is 4. The summed E-state index contributed by atoms with van der Waals surface area (Å²) in [5.41, 5.74) is 1.94. The lowest BCUT2D eigenvalue weighted by Crippen LogP contribution is -2.40. The van der Waals surface area contributed by atoms with E-state index in [0.717, 1.165) is 17.0 Å². The molecule has 0 unspecified atom stereocenters. The van der Waals surface area contributed by atoms with Gasteiger partial charge in [-0.2, -0.15) is 5.10 Å². The number of ether oxygens (including phenoxy) is 1. The molecule has 0 radical (unpaired) electrons. The van der Waals surface area contributed by atoms with Crippen molar-refractivity contribution in [2.24, 2.45) is 0 Å². The first kappa shape index (κ1) is 16.8. The van der Waals surface area contributed by atoms with Gasteiger partial charge in [-0.05, 0) is 37.9 Å². The monoisotopic (exact) mass is 317 g/mol. The zero-order valence-corrected chi connectivity index (χ0v) is 13.7. The molecule has 0 aliphatic rings. The minimum Gasteiger partial charge on any atom is -0.497 e. The Labute approximate surface area is 136 Å². The number of amides is 2. The number of urea groups is 1. The Morgan fingerprint density at radius 2 is 2.17 bits per heavy atom. The van der Waals surface area contributed by atoms with Crippen LogP contribution in [0, 0.1) is 0 Å². The molecule has 1 atom stereocenters. The number of H-pyrrole nitrogens is 1. The molecule has 0 saturated heterocycles. The van der Waals surface area contributed by atoms with Crippen LogP contribution in [0.2, 0.25) is 0 Å². The highest BCUT2D eigenvalue weighted by Crippen LogP contribution is 2.21. The normalized spacial score (nSPS) is 12.0. The van der Waals surface area contributed by atoms with Gasteiger partial charge in [-0.3, -0.25) is 5.10 Å². The molecule has 2 aromatic rings. The average molecular weight is 317 g/mol. The van der Waals surface area contributed by atoms with Gasteiger partial charge in [0.25, 0.3) is 0 Å². The number of aromatic amines is 1. The second-order valence-corrected chi connectivity index (χ2v) is 5.40. The lowest BCUT2D eigenvalue weighted by Gasteiger charge is -2.25. The quantitative estimate of drug-likeness (QED) is 0.723. The summed E-state index contributed by atoms with van der Waals surface area (Å²) < 4.78 is 5.26. The van der Waals surface area contributed by atoms with E-state index in [0.29, 0.717) is 13.1 Å². The van der Waals surface area contributed by atoms with Crippen LogP contribution in [-0.4, -0.2) is 48.9 Å². The molecule has 0 fully saturated rings. The summed E-state index contributed by atoms with van der Waals surface area (Å²) >= 11 is 0. The largest absolute Gasteiger partial charge is 0.497 e. The molecule has 124 valence electrons. The van der Waals surface area contributed by atoms with Gasteiger partial charge < -0.3 is 20.3 Å². The highest BCUT2D eigenvalue weighted by molar-refractivity contribution is 5.73. The van der Waals surface area contributed by atoms with Gasteiger partial charge in [0.1, 0.15) is 5.75 Å². The molecular formula is C16H23N5O2. The predicted molar refractivity (Wildman–Crippen MR) is 88.2 cm³/mol. The molecule has 0 aliphatic carbocycles. The standard InChI is InChI=1S/C16H23N5O2/c1-21(2)15(12-5-4-6-14(9-12)23-3)11-18-16(22)17-10-13-7-8-19-20-13/h4-9,15H,10-11H2,1-3H3,(H,19,20)(H2,17,18,22)/t15-/m0/s1. The van der Waals surface area contributed by atoms with Gasteiger partial charge in [-0.1, -0.05) is 12.1 Å². The maximum absolute atomic E-state index is 11.9. The Morgan fingerprint density at radius 1 is 1.35 bits per heavy atom. The molecule has 7 nitrogen and oxygen atoms in total. The molecular weight excluding hydrogens is 294 g/mol. The van der Waals surface area contributed by atoms with Crippen molar-refractivity contribution in [1.29, 1.82) is 0 Å². The van der Waals surface area contributed by atoms with E-state index in [-0.39, 0.29) is 12.1 Å². The van der Waals surface area contributed by atoms with Crippen LogP contribution in [0.15, 0.2) is 36.5 Å². The molecule has 3 N–H and O–H groups in total. The number of carbonyl (C=O) groups excluding carboxylic acids is 1. The zero-order chi connectivity index (χ0) is 16.7. The molecule has 0 aliphatic heterocycles. The lowest BCUT2D eigenvalue weighted by atomic mass is 10.1. The van der Waals surface area contributed by atoms with E-state index in [1.165, 1.54) is 0 Å². The van der Waals surface area contributed by atoms with E-state index in [9.17, 15) is 4.79 Å². The third kappa shape index (κ3) is 5.00. The second kappa shape index (κ2) is 8.19. The summed E-state index contributed by atoms with van der Waals surface area (Å²) in [6.45, 7) is 0.909. The van der Waals surface area contributed by atoms with Crippen molar-refractivity contribution in [1.82, 2.24) is 25.7 Å². The number of benzene rings is 1. The molecule has 1 aromatic carbocycles. The summed E-state index contributed by atoms with van der Waals surface area (Å²) in [6, 6.07) is 9.52. The third-order valence-electron chi connectivity index (χ3n) is 3.56. The Balaban J connectivity index is 1.90. The summed E-state index contributed by atoms with van der Waals surface area (Å²) in [6.07, 6.45) is 1.65. The SMILES string of the molecule is COc1cccc([C@H](CNC(=O)NCc2ccn[nH]2)N(C)C)c1. The van der Waals surface area contributed by atoms with Crippen molar-refractivity contribution in [3.63, 3.8) is 0 Å². The van der Waals surface area contributed by atoms with Crippen LogP contribution in [0.4, 0.5) is 4.79 Å². The van der Waals surface area contributed by atoms with Crippen LogP contribution < -0.4 is 15.4 Å². The van der Waals surface area contributed by atoms with Crippen LogP contribution in [0.1, 0.15) is 17.3 Å². The van der Waals surface area contributed by atoms with Crippen LogP contribution >= 0.6 is 0 Å². The molecule has 23 heavy (non-hydrogen) atoms. The topological polar surface area (TPSA) is 82.3 Å². The van der Waals surface area contributed by atoms with Crippen LogP contribution in [0.5, 0.6) is 5.75 Å². The Morgan fingerprint density at radius 3 is 2.83 bits per heavy atom. The first-order valence-electron chi connectivity index (χ1n) is 7.40. The van der Waals surface area contributed by atoms with Gasteiger partial charge in [0.05, 0.1) is 25.4 Å². The zero-order valence-electron chi connectivity index (χ0n) is 13.7. The van der Waals surface area contributed by atoms with Crippen LogP contribution in [0.25, 0.3) is 0 Å². The Hall–Kier alpha value is -2.54. The van der Waals surface area contributed by atoms with Crippen molar-refractivity contribution in [3.05, 3.63) is 47.8 Å². The maximum Gasteiger partial charge on any atom is 0.315 e. The van der Waals surface area contributed by atoms with Crippen molar-refractivity contribution < 1.29 is 9.53 Å². The van der Waals surface area contributed by atoms with Gasteiger partial charge in [-0.15, -0.1) is 0 Å². The van der Waals surface area contributed by atoms with E-state index in [2.05, 4.69) is 25.7 Å². The van der Waals surface area contributed by atoms with E-state index in [4.69, 9.17) is 4.74 Å². The Kier molecular flexibility index (Phi) is 5.99. The smallest absolute Gasteiger partial charge is 0.315 e. The van der Waals surface area contributed by atoms with Gasteiger partial charge in [-0.25, -0.2) is 4.79 Å². The minimum absolute atomic E-state index is 0.0583. The first-order chi connectivity index (χ1) is 11.1. The number of hydrogen-bond donors (Lipinski definition) is 3. The van der Waals surface area contributed by atoms with Gasteiger partial charge in [0.2, 0.25) is 0 Å². The summed E-state index contributed by atoms with van der Waals surface area (Å²) in [4.78, 5) is 14.0. The van der Waals surface area contributed by atoms with Crippen molar-refractivity contribution in [2.75, 3.05) is 27.7 Å². The number of nitrogens with one attached hydrogen (secondary N) is 3. The van der Waals surface area contributed by atoms with Gasteiger partial charge in [0.15, 0.2) is 0 Å². The maximum atomic E-state index is 11.9. The van der Waals surface area contributed by atoms with Crippen molar-refractivity contribution in [3.8, 4) is 5.75 Å². The van der Waals surface area contributed by atoms with E-state index >= 15 is 0 Å². The second-order valence-electron chi connectivity index (χ2n) is 5.40. The van der Waals surface area contributed by atoms with E-state index in [1.807, 2.05) is 44.4 Å². The molecule has 0 spiro atoms. The van der Waals surface area contributed by atoms with Crippen molar-refractivity contribution >= 4 is 6.03 Å². The number of rotatable bonds is 7. The highest BCUT2D eigenvalue weighted by Gasteiger charge is 2.15. The van der Waals surface area contributed by atoms with Crippen molar-refractivity contribution in [2.45, 2.75) is 12.6 Å². The highest BCUT2D eigenvalue weighted by atomic mass is 16.5. The number of aromatic nitrogens is 2.